The molecular formula is C22H24N4O4. The van der Waals surface area contributed by atoms with Crippen molar-refractivity contribution < 1.29 is 19.1 Å². The summed E-state index contributed by atoms with van der Waals surface area (Å²) in [7, 11) is 4.89. The third-order valence-electron chi connectivity index (χ3n) is 4.69. The molecule has 0 aliphatic heterocycles. The number of carbonyl (C=O) groups is 2. The molecule has 156 valence electrons. The fraction of sp³-hybridized carbons (Fsp3) is 0.227. The van der Waals surface area contributed by atoms with E-state index >= 15 is 0 Å². The molecule has 2 aromatic carbocycles. The standard InChI is InChI=1S/C22H24N4O4/c1-5-14-8-6-7-9-17(14)25-22(28)21(27)24-15-10-11-18(29-3)16(12-15)20-19(30-4)13-23-26(20)2/h6-13H,5H2,1-4H3,(H,24,27)(H,25,28). The molecule has 2 N–H and O–H groups in total. The van der Waals surface area contributed by atoms with Gasteiger partial charge in [0.15, 0.2) is 5.75 Å². The van der Waals surface area contributed by atoms with Crippen molar-refractivity contribution in [3.05, 3.63) is 54.2 Å². The van der Waals surface area contributed by atoms with Crippen LogP contribution in [0.3, 0.4) is 0 Å². The van der Waals surface area contributed by atoms with Gasteiger partial charge in [0, 0.05) is 24.0 Å². The summed E-state index contributed by atoms with van der Waals surface area (Å²) in [5.74, 6) is -0.371. The Morgan fingerprint density at radius 3 is 2.40 bits per heavy atom. The lowest BCUT2D eigenvalue weighted by Crippen LogP contribution is -2.29. The van der Waals surface area contributed by atoms with Crippen molar-refractivity contribution in [3.63, 3.8) is 0 Å². The first kappa shape index (κ1) is 20.9. The molecule has 2 amide bonds. The van der Waals surface area contributed by atoms with Gasteiger partial charge in [-0.05, 0) is 36.2 Å². The topological polar surface area (TPSA) is 94.5 Å². The fourth-order valence-corrected chi connectivity index (χ4v) is 3.16. The van der Waals surface area contributed by atoms with E-state index in [1.165, 1.54) is 0 Å². The Morgan fingerprint density at radius 1 is 1.00 bits per heavy atom. The minimum atomic E-state index is -0.769. The van der Waals surface area contributed by atoms with Crippen LogP contribution in [0.25, 0.3) is 11.3 Å². The van der Waals surface area contributed by atoms with Crippen LogP contribution in [0.5, 0.6) is 11.5 Å². The molecule has 30 heavy (non-hydrogen) atoms. The zero-order chi connectivity index (χ0) is 21.7. The van der Waals surface area contributed by atoms with E-state index in [1.54, 1.807) is 56.4 Å². The minimum absolute atomic E-state index is 0.443. The lowest BCUT2D eigenvalue weighted by atomic mass is 10.1. The summed E-state index contributed by atoms with van der Waals surface area (Å²) in [6.07, 6.45) is 2.34. The molecule has 0 saturated carbocycles. The Bertz CT molecular complexity index is 1070. The smallest absolute Gasteiger partial charge is 0.314 e. The first-order chi connectivity index (χ1) is 14.5. The third-order valence-corrected chi connectivity index (χ3v) is 4.69. The summed E-state index contributed by atoms with van der Waals surface area (Å²) in [5, 5.41) is 9.50. The second-order valence-corrected chi connectivity index (χ2v) is 6.52. The van der Waals surface area contributed by atoms with Crippen molar-refractivity contribution in [1.82, 2.24) is 9.78 Å². The highest BCUT2D eigenvalue weighted by molar-refractivity contribution is 6.43. The summed E-state index contributed by atoms with van der Waals surface area (Å²) in [6.45, 7) is 1.98. The van der Waals surface area contributed by atoms with Crippen molar-refractivity contribution in [1.29, 1.82) is 0 Å². The highest BCUT2D eigenvalue weighted by atomic mass is 16.5. The molecule has 0 spiro atoms. The molecule has 3 aromatic rings. The molecule has 8 heteroatoms. The van der Waals surface area contributed by atoms with Crippen LogP contribution >= 0.6 is 0 Å². The van der Waals surface area contributed by atoms with E-state index in [4.69, 9.17) is 9.47 Å². The lowest BCUT2D eigenvalue weighted by Gasteiger charge is -2.13. The van der Waals surface area contributed by atoms with Crippen molar-refractivity contribution >= 4 is 23.2 Å². The van der Waals surface area contributed by atoms with Gasteiger partial charge >= 0.3 is 11.8 Å². The lowest BCUT2D eigenvalue weighted by molar-refractivity contribution is -0.133. The third kappa shape index (κ3) is 4.27. The van der Waals surface area contributed by atoms with E-state index in [-0.39, 0.29) is 0 Å². The Morgan fingerprint density at radius 2 is 1.70 bits per heavy atom. The Kier molecular flexibility index (Phi) is 6.36. The monoisotopic (exact) mass is 408 g/mol. The molecule has 3 rings (SSSR count). The number of hydrogen-bond acceptors (Lipinski definition) is 5. The predicted octanol–water partition coefficient (Wildman–Crippen LogP) is 3.24. The summed E-state index contributed by atoms with van der Waals surface area (Å²) >= 11 is 0. The van der Waals surface area contributed by atoms with E-state index in [2.05, 4.69) is 15.7 Å². The van der Waals surface area contributed by atoms with Crippen LogP contribution in [0.4, 0.5) is 11.4 Å². The van der Waals surface area contributed by atoms with Gasteiger partial charge in [-0.15, -0.1) is 0 Å². The second kappa shape index (κ2) is 9.13. The first-order valence-electron chi connectivity index (χ1n) is 9.43. The molecule has 1 heterocycles. The number of para-hydroxylation sites is 1. The maximum atomic E-state index is 12.5. The summed E-state index contributed by atoms with van der Waals surface area (Å²) < 4.78 is 12.5. The molecule has 0 saturated heterocycles. The van der Waals surface area contributed by atoms with Crippen molar-refractivity contribution in [2.45, 2.75) is 13.3 Å². The second-order valence-electron chi connectivity index (χ2n) is 6.52. The van der Waals surface area contributed by atoms with Crippen LogP contribution in [0.2, 0.25) is 0 Å². The molecule has 8 nitrogen and oxygen atoms in total. The quantitative estimate of drug-likeness (QED) is 0.611. The van der Waals surface area contributed by atoms with E-state index in [1.807, 2.05) is 25.1 Å². The van der Waals surface area contributed by atoms with Crippen LogP contribution in [0.15, 0.2) is 48.7 Å². The maximum Gasteiger partial charge on any atom is 0.314 e. The average molecular weight is 408 g/mol. The number of anilines is 2. The van der Waals surface area contributed by atoms with Crippen molar-refractivity contribution in [2.75, 3.05) is 24.9 Å². The molecule has 0 radical (unpaired) electrons. The SMILES string of the molecule is CCc1ccccc1NC(=O)C(=O)Nc1ccc(OC)c(-c2c(OC)cnn2C)c1. The van der Waals surface area contributed by atoms with Gasteiger partial charge in [-0.1, -0.05) is 25.1 Å². The van der Waals surface area contributed by atoms with Crippen LogP contribution < -0.4 is 20.1 Å². The molecular weight excluding hydrogens is 384 g/mol. The van der Waals surface area contributed by atoms with Gasteiger partial charge in [-0.2, -0.15) is 5.10 Å². The summed E-state index contributed by atoms with van der Waals surface area (Å²) in [4.78, 5) is 24.9. The largest absolute Gasteiger partial charge is 0.496 e. The van der Waals surface area contributed by atoms with Crippen molar-refractivity contribution in [2.24, 2.45) is 7.05 Å². The summed E-state index contributed by atoms with van der Waals surface area (Å²) in [6, 6.07) is 12.5. The number of amides is 2. The molecule has 0 bridgehead atoms. The van der Waals surface area contributed by atoms with Crippen LogP contribution in [0.1, 0.15) is 12.5 Å². The molecule has 0 fully saturated rings. The number of carbonyl (C=O) groups excluding carboxylic acids is 2. The molecule has 0 aliphatic rings. The number of methoxy groups -OCH3 is 2. The number of aryl methyl sites for hydroxylation is 2. The maximum absolute atomic E-state index is 12.5. The highest BCUT2D eigenvalue weighted by Crippen LogP contribution is 2.37. The van der Waals surface area contributed by atoms with E-state index in [0.29, 0.717) is 34.1 Å². The number of aromatic nitrogens is 2. The van der Waals surface area contributed by atoms with Crippen LogP contribution in [0, 0.1) is 0 Å². The molecule has 0 unspecified atom stereocenters. The Hall–Kier alpha value is -3.81. The zero-order valence-corrected chi connectivity index (χ0v) is 17.4. The fourth-order valence-electron chi connectivity index (χ4n) is 3.16. The predicted molar refractivity (Wildman–Crippen MR) is 115 cm³/mol. The van der Waals surface area contributed by atoms with Gasteiger partial charge < -0.3 is 20.1 Å². The van der Waals surface area contributed by atoms with Gasteiger partial charge in [0.1, 0.15) is 11.4 Å². The van der Waals surface area contributed by atoms with Crippen LogP contribution in [-0.2, 0) is 23.1 Å². The van der Waals surface area contributed by atoms with Gasteiger partial charge in [-0.25, -0.2) is 0 Å². The van der Waals surface area contributed by atoms with Gasteiger partial charge in [0.05, 0.1) is 20.4 Å². The minimum Gasteiger partial charge on any atom is -0.496 e. The van der Waals surface area contributed by atoms with E-state index in [0.717, 1.165) is 12.0 Å². The number of benzene rings is 2. The Balaban J connectivity index is 1.84. The average Bonchev–Trinajstić information content (AvgIpc) is 3.14. The molecule has 1 aromatic heterocycles. The van der Waals surface area contributed by atoms with Gasteiger partial charge in [-0.3, -0.25) is 14.3 Å². The van der Waals surface area contributed by atoms with Gasteiger partial charge in [0.2, 0.25) is 0 Å². The Labute approximate surface area is 174 Å². The van der Waals surface area contributed by atoms with E-state index in [9.17, 15) is 9.59 Å². The number of nitrogens with zero attached hydrogens (tertiary/aromatic N) is 2. The number of ether oxygens (including phenoxy) is 2. The molecule has 0 atom stereocenters. The zero-order valence-electron chi connectivity index (χ0n) is 17.4. The highest BCUT2D eigenvalue weighted by Gasteiger charge is 2.19. The number of rotatable bonds is 6. The van der Waals surface area contributed by atoms with Crippen LogP contribution in [-0.4, -0.2) is 35.8 Å². The van der Waals surface area contributed by atoms with Crippen molar-refractivity contribution in [3.8, 4) is 22.8 Å². The van der Waals surface area contributed by atoms with E-state index < -0.39 is 11.8 Å². The first-order valence-corrected chi connectivity index (χ1v) is 9.43. The number of hydrogen-bond donors (Lipinski definition) is 2. The molecule has 0 aliphatic carbocycles. The number of nitrogens with one attached hydrogen (secondary N) is 2. The normalized spacial score (nSPS) is 10.4. The van der Waals surface area contributed by atoms with Gasteiger partial charge in [0.25, 0.3) is 0 Å². The summed E-state index contributed by atoms with van der Waals surface area (Å²) in [5.41, 5.74) is 3.37.